The van der Waals surface area contributed by atoms with E-state index in [2.05, 4.69) is 47.9 Å². The lowest BCUT2D eigenvalue weighted by atomic mass is 10.0. The second kappa shape index (κ2) is 7.79. The SMILES string of the molecule is COc1cc(C)c(CN2CCN(c3ccccc3OC)CC2)cc1C. The molecule has 0 unspecified atom stereocenters. The van der Waals surface area contributed by atoms with E-state index in [1.54, 1.807) is 14.2 Å². The summed E-state index contributed by atoms with van der Waals surface area (Å²) in [4.78, 5) is 4.95. The van der Waals surface area contributed by atoms with Crippen LogP contribution in [0.15, 0.2) is 36.4 Å². The summed E-state index contributed by atoms with van der Waals surface area (Å²) in [6.45, 7) is 9.44. The predicted octanol–water partition coefficient (Wildman–Crippen LogP) is 3.64. The van der Waals surface area contributed by atoms with Crippen molar-refractivity contribution in [3.05, 3.63) is 53.1 Å². The van der Waals surface area contributed by atoms with Crippen LogP contribution in [0, 0.1) is 13.8 Å². The number of benzene rings is 2. The fourth-order valence-corrected chi connectivity index (χ4v) is 3.52. The molecule has 1 heterocycles. The highest BCUT2D eigenvalue weighted by molar-refractivity contribution is 5.58. The van der Waals surface area contributed by atoms with Gasteiger partial charge in [0.15, 0.2) is 0 Å². The summed E-state index contributed by atoms with van der Waals surface area (Å²) in [5.41, 5.74) is 5.09. The summed E-state index contributed by atoms with van der Waals surface area (Å²) in [5.74, 6) is 1.93. The van der Waals surface area contributed by atoms with Gasteiger partial charge in [0.2, 0.25) is 0 Å². The molecule has 0 bridgehead atoms. The Morgan fingerprint density at radius 3 is 2.20 bits per heavy atom. The van der Waals surface area contributed by atoms with Crippen LogP contribution in [-0.4, -0.2) is 45.3 Å². The topological polar surface area (TPSA) is 24.9 Å². The summed E-state index contributed by atoms with van der Waals surface area (Å²) in [6, 6.07) is 12.7. The van der Waals surface area contributed by atoms with Crippen LogP contribution in [0.1, 0.15) is 16.7 Å². The number of hydrogen-bond acceptors (Lipinski definition) is 4. The van der Waals surface area contributed by atoms with Crippen molar-refractivity contribution in [3.8, 4) is 11.5 Å². The lowest BCUT2D eigenvalue weighted by molar-refractivity contribution is 0.248. The van der Waals surface area contributed by atoms with E-state index in [1.807, 2.05) is 12.1 Å². The van der Waals surface area contributed by atoms with E-state index in [-0.39, 0.29) is 0 Å². The second-order valence-corrected chi connectivity index (χ2v) is 6.68. The first-order chi connectivity index (χ1) is 12.1. The molecule has 0 N–H and O–H groups in total. The fourth-order valence-electron chi connectivity index (χ4n) is 3.52. The average molecular weight is 340 g/mol. The van der Waals surface area contributed by atoms with Gasteiger partial charge in [0.1, 0.15) is 11.5 Å². The minimum absolute atomic E-state index is 0.956. The predicted molar refractivity (Wildman–Crippen MR) is 103 cm³/mol. The largest absolute Gasteiger partial charge is 0.496 e. The highest BCUT2D eigenvalue weighted by Gasteiger charge is 2.20. The van der Waals surface area contributed by atoms with Crippen LogP contribution in [0.5, 0.6) is 11.5 Å². The van der Waals surface area contributed by atoms with E-state index in [0.29, 0.717) is 0 Å². The summed E-state index contributed by atoms with van der Waals surface area (Å²) in [7, 11) is 3.47. The van der Waals surface area contributed by atoms with Gasteiger partial charge in [-0.05, 0) is 48.7 Å². The molecule has 3 rings (SSSR count). The number of aryl methyl sites for hydroxylation is 2. The molecule has 1 saturated heterocycles. The molecule has 0 saturated carbocycles. The van der Waals surface area contributed by atoms with Gasteiger partial charge in [-0.15, -0.1) is 0 Å². The van der Waals surface area contributed by atoms with E-state index in [1.165, 1.54) is 22.4 Å². The van der Waals surface area contributed by atoms with Gasteiger partial charge in [-0.2, -0.15) is 0 Å². The Morgan fingerprint density at radius 1 is 0.840 bits per heavy atom. The molecule has 0 amide bonds. The highest BCUT2D eigenvalue weighted by atomic mass is 16.5. The van der Waals surface area contributed by atoms with Crippen LogP contribution in [0.3, 0.4) is 0 Å². The van der Waals surface area contributed by atoms with Gasteiger partial charge in [-0.25, -0.2) is 0 Å². The Morgan fingerprint density at radius 2 is 1.52 bits per heavy atom. The van der Waals surface area contributed by atoms with Crippen molar-refractivity contribution in [2.45, 2.75) is 20.4 Å². The van der Waals surface area contributed by atoms with E-state index < -0.39 is 0 Å². The lowest BCUT2D eigenvalue weighted by Gasteiger charge is -2.37. The van der Waals surface area contributed by atoms with Crippen LogP contribution in [0.4, 0.5) is 5.69 Å². The first-order valence-corrected chi connectivity index (χ1v) is 8.87. The summed E-state index contributed by atoms with van der Waals surface area (Å²) >= 11 is 0. The van der Waals surface area contributed by atoms with Crippen molar-refractivity contribution in [1.29, 1.82) is 0 Å². The molecule has 4 nitrogen and oxygen atoms in total. The molecule has 1 aliphatic heterocycles. The maximum atomic E-state index is 5.50. The zero-order valence-electron chi connectivity index (χ0n) is 15.7. The Balaban J connectivity index is 1.64. The van der Waals surface area contributed by atoms with Gasteiger partial charge >= 0.3 is 0 Å². The number of nitrogens with zero attached hydrogens (tertiary/aromatic N) is 2. The smallest absolute Gasteiger partial charge is 0.142 e. The molecule has 4 heteroatoms. The van der Waals surface area contributed by atoms with Gasteiger partial charge < -0.3 is 14.4 Å². The summed E-state index contributed by atoms with van der Waals surface area (Å²) < 4.78 is 10.9. The number of piperazine rings is 1. The van der Waals surface area contributed by atoms with Crippen molar-refractivity contribution >= 4 is 5.69 Å². The lowest BCUT2D eigenvalue weighted by Crippen LogP contribution is -2.46. The zero-order valence-corrected chi connectivity index (χ0v) is 15.7. The summed E-state index contributed by atoms with van der Waals surface area (Å²) in [6.07, 6.45) is 0. The summed E-state index contributed by atoms with van der Waals surface area (Å²) in [5, 5.41) is 0. The van der Waals surface area contributed by atoms with E-state index >= 15 is 0 Å². The van der Waals surface area contributed by atoms with Gasteiger partial charge in [0.25, 0.3) is 0 Å². The van der Waals surface area contributed by atoms with Gasteiger partial charge in [-0.1, -0.05) is 18.2 Å². The number of methoxy groups -OCH3 is 2. The van der Waals surface area contributed by atoms with E-state index in [9.17, 15) is 0 Å². The number of hydrogen-bond donors (Lipinski definition) is 0. The fraction of sp³-hybridized carbons (Fsp3) is 0.429. The first-order valence-electron chi connectivity index (χ1n) is 8.87. The van der Waals surface area contributed by atoms with Gasteiger partial charge in [-0.3, -0.25) is 4.90 Å². The van der Waals surface area contributed by atoms with Gasteiger partial charge in [0.05, 0.1) is 19.9 Å². The third-order valence-electron chi connectivity index (χ3n) is 5.05. The molecular formula is C21H28N2O2. The molecule has 1 aliphatic rings. The van der Waals surface area contributed by atoms with Crippen LogP contribution >= 0.6 is 0 Å². The van der Waals surface area contributed by atoms with E-state index in [4.69, 9.17) is 9.47 Å². The van der Waals surface area contributed by atoms with Crippen LogP contribution in [0.2, 0.25) is 0 Å². The molecule has 25 heavy (non-hydrogen) atoms. The zero-order chi connectivity index (χ0) is 17.8. The standard InChI is InChI=1S/C21H28N2O2/c1-16-14-21(25-4)17(2)13-18(16)15-22-9-11-23(12-10-22)19-7-5-6-8-20(19)24-3/h5-8,13-14H,9-12,15H2,1-4H3. The van der Waals surface area contributed by atoms with Crippen LogP contribution in [0.25, 0.3) is 0 Å². The van der Waals surface area contributed by atoms with Crippen molar-refractivity contribution in [3.63, 3.8) is 0 Å². The average Bonchev–Trinajstić information content (AvgIpc) is 2.65. The third-order valence-corrected chi connectivity index (χ3v) is 5.05. The van der Waals surface area contributed by atoms with Crippen molar-refractivity contribution in [1.82, 2.24) is 4.90 Å². The van der Waals surface area contributed by atoms with Crippen molar-refractivity contribution in [2.24, 2.45) is 0 Å². The molecule has 1 fully saturated rings. The second-order valence-electron chi connectivity index (χ2n) is 6.68. The Hall–Kier alpha value is -2.20. The number of ether oxygens (including phenoxy) is 2. The molecule has 0 radical (unpaired) electrons. The van der Waals surface area contributed by atoms with Crippen LogP contribution in [-0.2, 0) is 6.54 Å². The number of para-hydroxylation sites is 2. The maximum absolute atomic E-state index is 5.50. The molecular weight excluding hydrogens is 312 g/mol. The normalized spacial score (nSPS) is 15.3. The molecule has 134 valence electrons. The molecule has 2 aromatic rings. The minimum atomic E-state index is 0.956. The maximum Gasteiger partial charge on any atom is 0.142 e. The van der Waals surface area contributed by atoms with Gasteiger partial charge in [0, 0.05) is 32.7 Å². The van der Waals surface area contributed by atoms with Crippen LogP contribution < -0.4 is 14.4 Å². The molecule has 0 atom stereocenters. The van der Waals surface area contributed by atoms with E-state index in [0.717, 1.165) is 44.2 Å². The third kappa shape index (κ3) is 3.90. The molecule has 2 aromatic carbocycles. The number of anilines is 1. The molecule has 0 aliphatic carbocycles. The Labute approximate surface area is 151 Å². The molecule has 0 aromatic heterocycles. The number of rotatable bonds is 5. The van der Waals surface area contributed by atoms with Crippen molar-refractivity contribution < 1.29 is 9.47 Å². The molecule has 0 spiro atoms. The monoisotopic (exact) mass is 340 g/mol. The Bertz CT molecular complexity index is 722. The highest BCUT2D eigenvalue weighted by Crippen LogP contribution is 2.29. The Kier molecular flexibility index (Phi) is 5.49. The minimum Gasteiger partial charge on any atom is -0.496 e. The quantitative estimate of drug-likeness (QED) is 0.830. The first kappa shape index (κ1) is 17.6. The van der Waals surface area contributed by atoms with Crippen molar-refractivity contribution in [2.75, 3.05) is 45.3 Å².